The number of nitrogens with zero attached hydrogens (tertiary/aromatic N) is 1. The fourth-order valence-corrected chi connectivity index (χ4v) is 3.57. The van der Waals surface area contributed by atoms with Crippen LogP contribution in [-0.4, -0.2) is 45.1 Å². The Balaban J connectivity index is 2.00. The van der Waals surface area contributed by atoms with Crippen molar-refractivity contribution in [3.8, 4) is 11.5 Å². The van der Waals surface area contributed by atoms with Gasteiger partial charge in [-0.1, -0.05) is 0 Å². The van der Waals surface area contributed by atoms with Crippen molar-refractivity contribution in [3.63, 3.8) is 0 Å². The second-order valence-electron chi connectivity index (χ2n) is 6.23. The summed E-state index contributed by atoms with van der Waals surface area (Å²) < 4.78 is 15.7. The first-order chi connectivity index (χ1) is 14.8. The summed E-state index contributed by atoms with van der Waals surface area (Å²) >= 11 is 3.35. The van der Waals surface area contributed by atoms with Crippen LogP contribution >= 0.6 is 15.9 Å². The lowest BCUT2D eigenvalue weighted by Gasteiger charge is -2.26. The Morgan fingerprint density at radius 2 is 1.71 bits per heavy atom. The summed E-state index contributed by atoms with van der Waals surface area (Å²) in [7, 11) is 4.18. The third kappa shape index (κ3) is 4.29. The molecule has 1 heterocycles. The normalized spacial score (nSPS) is 15.0. The van der Waals surface area contributed by atoms with Gasteiger partial charge in [0.25, 0.3) is 11.8 Å². The van der Waals surface area contributed by atoms with E-state index in [-0.39, 0.29) is 16.8 Å². The fourth-order valence-electron chi connectivity index (χ4n) is 2.94. The SMILES string of the molecule is COC(=O)c1ccc(N2C(=O)NC(=O)/C(=C\c3cc(Br)c(OC)c(OC)c3)C2=O)cc1. The molecule has 0 aliphatic carbocycles. The summed E-state index contributed by atoms with van der Waals surface area (Å²) in [4.78, 5) is 50.1. The monoisotopic (exact) mass is 488 g/mol. The van der Waals surface area contributed by atoms with Gasteiger partial charge >= 0.3 is 12.0 Å². The van der Waals surface area contributed by atoms with Crippen LogP contribution in [0.4, 0.5) is 10.5 Å². The van der Waals surface area contributed by atoms with Crippen LogP contribution in [0.15, 0.2) is 46.4 Å². The molecule has 0 atom stereocenters. The van der Waals surface area contributed by atoms with E-state index in [1.807, 2.05) is 0 Å². The van der Waals surface area contributed by atoms with E-state index >= 15 is 0 Å². The zero-order chi connectivity index (χ0) is 22.7. The second kappa shape index (κ2) is 9.00. The summed E-state index contributed by atoms with van der Waals surface area (Å²) in [5.41, 5.74) is 0.648. The highest BCUT2D eigenvalue weighted by Crippen LogP contribution is 2.37. The number of urea groups is 1. The number of carbonyl (C=O) groups is 4. The predicted molar refractivity (Wildman–Crippen MR) is 114 cm³/mol. The summed E-state index contributed by atoms with van der Waals surface area (Å²) in [5.74, 6) is -1.37. The number of benzene rings is 2. The third-order valence-corrected chi connectivity index (χ3v) is 5.00. The number of nitrogens with one attached hydrogen (secondary N) is 1. The quantitative estimate of drug-likeness (QED) is 0.391. The molecule has 160 valence electrons. The molecule has 9 nitrogen and oxygen atoms in total. The minimum absolute atomic E-state index is 0.182. The average Bonchev–Trinajstić information content (AvgIpc) is 2.76. The maximum atomic E-state index is 13.0. The van der Waals surface area contributed by atoms with Crippen molar-refractivity contribution in [2.45, 2.75) is 0 Å². The summed E-state index contributed by atoms with van der Waals surface area (Å²) in [6.07, 6.45) is 1.34. The van der Waals surface area contributed by atoms with E-state index in [1.54, 1.807) is 12.1 Å². The molecule has 1 aliphatic rings. The van der Waals surface area contributed by atoms with Gasteiger partial charge in [-0.15, -0.1) is 0 Å². The number of anilines is 1. The van der Waals surface area contributed by atoms with Gasteiger partial charge in [0.15, 0.2) is 11.5 Å². The van der Waals surface area contributed by atoms with Crippen LogP contribution < -0.4 is 19.7 Å². The average molecular weight is 489 g/mol. The summed E-state index contributed by atoms with van der Waals surface area (Å²) in [5, 5.41) is 2.14. The molecule has 0 bridgehead atoms. The molecule has 1 N–H and O–H groups in total. The van der Waals surface area contributed by atoms with Gasteiger partial charge in [-0.3, -0.25) is 14.9 Å². The number of imide groups is 2. The van der Waals surface area contributed by atoms with Crippen LogP contribution in [0, 0.1) is 0 Å². The molecule has 2 aromatic carbocycles. The Labute approximate surface area is 185 Å². The van der Waals surface area contributed by atoms with E-state index in [0.717, 1.165) is 4.90 Å². The number of ether oxygens (including phenoxy) is 3. The lowest BCUT2D eigenvalue weighted by molar-refractivity contribution is -0.122. The van der Waals surface area contributed by atoms with E-state index in [9.17, 15) is 19.2 Å². The second-order valence-corrected chi connectivity index (χ2v) is 7.09. The van der Waals surface area contributed by atoms with E-state index in [2.05, 4.69) is 26.0 Å². The van der Waals surface area contributed by atoms with Crippen LogP contribution in [-0.2, 0) is 14.3 Å². The Kier molecular flexibility index (Phi) is 6.40. The minimum Gasteiger partial charge on any atom is -0.493 e. The van der Waals surface area contributed by atoms with Gasteiger partial charge in [0.05, 0.1) is 37.1 Å². The van der Waals surface area contributed by atoms with Crippen LogP contribution in [0.2, 0.25) is 0 Å². The number of barbiturate groups is 1. The molecule has 10 heteroatoms. The van der Waals surface area contributed by atoms with Gasteiger partial charge in [-0.25, -0.2) is 14.5 Å². The molecule has 0 spiro atoms. The molecule has 1 saturated heterocycles. The number of carbonyl (C=O) groups excluding carboxylic acids is 4. The lowest BCUT2D eigenvalue weighted by Crippen LogP contribution is -2.54. The van der Waals surface area contributed by atoms with Gasteiger partial charge in [0.2, 0.25) is 0 Å². The van der Waals surface area contributed by atoms with Gasteiger partial charge in [-0.2, -0.15) is 0 Å². The third-order valence-electron chi connectivity index (χ3n) is 4.42. The van der Waals surface area contributed by atoms with Crippen molar-refractivity contribution in [2.75, 3.05) is 26.2 Å². The molecular weight excluding hydrogens is 472 g/mol. The molecular formula is C21H17BrN2O7. The van der Waals surface area contributed by atoms with Crippen molar-refractivity contribution < 1.29 is 33.4 Å². The number of esters is 1. The van der Waals surface area contributed by atoms with Gasteiger partial charge in [0.1, 0.15) is 5.57 Å². The number of hydrogen-bond acceptors (Lipinski definition) is 7. The fraction of sp³-hybridized carbons (Fsp3) is 0.143. The Morgan fingerprint density at radius 3 is 2.29 bits per heavy atom. The van der Waals surface area contributed by atoms with E-state index in [1.165, 1.54) is 51.7 Å². The maximum Gasteiger partial charge on any atom is 0.337 e. The van der Waals surface area contributed by atoms with Gasteiger partial charge < -0.3 is 14.2 Å². The molecule has 2 aromatic rings. The van der Waals surface area contributed by atoms with Crippen LogP contribution in [0.3, 0.4) is 0 Å². The number of rotatable bonds is 5. The van der Waals surface area contributed by atoms with Crippen molar-refractivity contribution in [3.05, 3.63) is 57.6 Å². The first-order valence-electron chi connectivity index (χ1n) is 8.82. The van der Waals surface area contributed by atoms with Crippen molar-refractivity contribution in [1.82, 2.24) is 5.32 Å². The molecule has 0 saturated carbocycles. The zero-order valence-corrected chi connectivity index (χ0v) is 18.3. The van der Waals surface area contributed by atoms with Crippen LogP contribution in [0.1, 0.15) is 15.9 Å². The Bertz CT molecular complexity index is 1110. The van der Waals surface area contributed by atoms with Crippen molar-refractivity contribution in [2.24, 2.45) is 0 Å². The van der Waals surface area contributed by atoms with Crippen LogP contribution in [0.5, 0.6) is 11.5 Å². The standard InChI is InChI=1S/C21H17BrN2O7/c1-29-16-10-11(9-15(22)17(16)30-2)8-14-18(25)23-21(28)24(19(14)26)13-6-4-12(5-7-13)20(27)31-3/h4-10H,1-3H3,(H,23,25,28)/b14-8+. The lowest BCUT2D eigenvalue weighted by atomic mass is 10.1. The first-order valence-corrected chi connectivity index (χ1v) is 9.61. The van der Waals surface area contributed by atoms with E-state index < -0.39 is 23.8 Å². The number of hydrogen-bond donors (Lipinski definition) is 1. The highest BCUT2D eigenvalue weighted by molar-refractivity contribution is 9.10. The van der Waals surface area contributed by atoms with Crippen molar-refractivity contribution >= 4 is 51.5 Å². The van der Waals surface area contributed by atoms with E-state index in [4.69, 9.17) is 9.47 Å². The molecule has 0 unspecified atom stereocenters. The molecule has 1 aliphatic heterocycles. The molecule has 1 fully saturated rings. The number of halogens is 1. The maximum absolute atomic E-state index is 13.0. The molecule has 0 aromatic heterocycles. The largest absolute Gasteiger partial charge is 0.493 e. The number of amides is 4. The minimum atomic E-state index is -0.897. The molecule has 0 radical (unpaired) electrons. The number of methoxy groups -OCH3 is 3. The zero-order valence-electron chi connectivity index (χ0n) is 16.7. The van der Waals surface area contributed by atoms with Gasteiger partial charge in [0, 0.05) is 0 Å². The molecule has 4 amide bonds. The summed E-state index contributed by atoms with van der Waals surface area (Å²) in [6.45, 7) is 0. The first kappa shape index (κ1) is 22.0. The van der Waals surface area contributed by atoms with E-state index in [0.29, 0.717) is 21.5 Å². The molecule has 3 rings (SSSR count). The van der Waals surface area contributed by atoms with Crippen molar-refractivity contribution in [1.29, 1.82) is 0 Å². The molecule has 31 heavy (non-hydrogen) atoms. The predicted octanol–water partition coefficient (Wildman–Crippen LogP) is 2.92. The Morgan fingerprint density at radius 1 is 1.03 bits per heavy atom. The topological polar surface area (TPSA) is 111 Å². The highest BCUT2D eigenvalue weighted by Gasteiger charge is 2.37. The highest BCUT2D eigenvalue weighted by atomic mass is 79.9. The smallest absolute Gasteiger partial charge is 0.337 e. The summed E-state index contributed by atoms with van der Waals surface area (Å²) in [6, 6.07) is 7.96. The Hall–Kier alpha value is -3.66. The van der Waals surface area contributed by atoms with Gasteiger partial charge in [-0.05, 0) is 64.0 Å². The van der Waals surface area contributed by atoms with Crippen LogP contribution in [0.25, 0.3) is 6.08 Å².